The molecule has 1 aromatic heterocycles. The Kier molecular flexibility index (Phi) is 11.0. The minimum Gasteiger partial charge on any atom is -0.390 e. The molecular formula is C37H45F3N6O5S2. The molecule has 11 nitrogen and oxygen atoms in total. The molecule has 2 saturated heterocycles. The number of alkyl halides is 3. The van der Waals surface area contributed by atoms with E-state index in [1.165, 1.54) is 16.4 Å². The van der Waals surface area contributed by atoms with Crippen LogP contribution in [-0.4, -0.2) is 112 Å². The summed E-state index contributed by atoms with van der Waals surface area (Å²) in [4.78, 5) is 29.2. The van der Waals surface area contributed by atoms with Gasteiger partial charge in [-0.05, 0) is 55.4 Å². The fourth-order valence-electron chi connectivity index (χ4n) is 8.25. The number of aliphatic hydroxyl groups excluding tert-OH is 1. The molecule has 1 atom stereocenters. The van der Waals surface area contributed by atoms with Crippen molar-refractivity contribution >= 4 is 33.6 Å². The largest absolute Gasteiger partial charge is 0.417 e. The van der Waals surface area contributed by atoms with Gasteiger partial charge in [-0.1, -0.05) is 30.3 Å². The van der Waals surface area contributed by atoms with Crippen molar-refractivity contribution in [3.63, 3.8) is 0 Å². The summed E-state index contributed by atoms with van der Waals surface area (Å²) in [5, 5.41) is 19.0. The normalized spacial score (nSPS) is 19.8. The first-order valence-electron chi connectivity index (χ1n) is 18.2. The number of rotatable bonds is 11. The highest BCUT2D eigenvalue weighted by Gasteiger charge is 2.36. The van der Waals surface area contributed by atoms with Crippen molar-refractivity contribution in [2.45, 2.75) is 87.3 Å². The van der Waals surface area contributed by atoms with Crippen LogP contribution >= 0.6 is 11.8 Å². The average molecular weight is 775 g/mol. The van der Waals surface area contributed by atoms with E-state index < -0.39 is 27.9 Å². The number of hydrogen-bond acceptors (Lipinski definition) is 8. The molecule has 2 aromatic carbocycles. The van der Waals surface area contributed by atoms with Crippen LogP contribution < -0.4 is 5.32 Å². The molecule has 1 aliphatic carbocycles. The van der Waals surface area contributed by atoms with Crippen LogP contribution in [0.1, 0.15) is 53.6 Å². The molecule has 53 heavy (non-hydrogen) atoms. The summed E-state index contributed by atoms with van der Waals surface area (Å²) >= 11 is 0.805. The summed E-state index contributed by atoms with van der Waals surface area (Å²) in [6, 6.07) is 11.7. The lowest BCUT2D eigenvalue weighted by Gasteiger charge is -2.37. The number of aliphatic hydroxyl groups is 1. The van der Waals surface area contributed by atoms with E-state index in [2.05, 4.69) is 10.2 Å². The third kappa shape index (κ3) is 8.61. The Morgan fingerprint density at radius 1 is 1.04 bits per heavy atom. The number of benzene rings is 2. The van der Waals surface area contributed by atoms with Gasteiger partial charge in [-0.2, -0.15) is 22.6 Å². The number of fused-ring (bicyclic) bond motifs is 2. The summed E-state index contributed by atoms with van der Waals surface area (Å²) in [6.45, 7) is 3.02. The summed E-state index contributed by atoms with van der Waals surface area (Å²) < 4.78 is 70.9. The van der Waals surface area contributed by atoms with Crippen LogP contribution in [0.3, 0.4) is 0 Å². The van der Waals surface area contributed by atoms with Gasteiger partial charge in [0.25, 0.3) is 0 Å². The molecule has 2 amide bonds. The van der Waals surface area contributed by atoms with E-state index in [0.717, 1.165) is 79.8 Å². The number of hydrogen-bond donors (Lipinski definition) is 2. The standard InChI is InChI=1S/C37H45F3N6O5S2/c1-53(50,51)44-16-12-32-30(22-44)36(42-46(32)21-29(47)20-43-14-10-28(11-15-43)45-13-4-7-35(45)49)26-8-9-31(37(38,39)40)33(19-26)52-23-34(48)41-27-17-24-5-2-3-6-25(24)18-27/h2-3,5-6,8-9,19,27-29,47H,4,7,10-18,20-23H2,1H3,(H,41,48). The van der Waals surface area contributed by atoms with E-state index in [1.807, 2.05) is 29.2 Å². The molecule has 286 valence electrons. The van der Waals surface area contributed by atoms with Crippen molar-refractivity contribution in [1.82, 2.24) is 29.2 Å². The number of carbonyl (C=O) groups is 2. The number of nitrogens with one attached hydrogen (secondary N) is 1. The Hall–Kier alpha value is -3.44. The first-order valence-corrected chi connectivity index (χ1v) is 21.0. The zero-order valence-electron chi connectivity index (χ0n) is 29.6. The second kappa shape index (κ2) is 15.4. The quantitative estimate of drug-likeness (QED) is 0.283. The lowest BCUT2D eigenvalue weighted by Crippen LogP contribution is -2.47. The number of thioether (sulfide) groups is 1. The maximum absolute atomic E-state index is 14.2. The zero-order valence-corrected chi connectivity index (χ0v) is 31.3. The number of β-amino-alcohol motifs (C(OH)–C–C–N with tert-alkyl or cyclic N) is 1. The fraction of sp³-hybridized carbons (Fsp3) is 0.541. The summed E-state index contributed by atoms with van der Waals surface area (Å²) in [5.74, 6) is -0.363. The van der Waals surface area contributed by atoms with Crippen molar-refractivity contribution in [2.24, 2.45) is 0 Å². The second-order valence-corrected chi connectivity index (χ2v) is 17.6. The van der Waals surface area contributed by atoms with Gasteiger partial charge in [0.05, 0.1) is 35.9 Å². The van der Waals surface area contributed by atoms with Crippen molar-refractivity contribution in [2.75, 3.05) is 44.7 Å². The van der Waals surface area contributed by atoms with Crippen LogP contribution in [0.15, 0.2) is 47.4 Å². The Bertz CT molecular complexity index is 1940. The van der Waals surface area contributed by atoms with Crippen LogP contribution in [0.2, 0.25) is 0 Å². The van der Waals surface area contributed by atoms with Gasteiger partial charge in [0.2, 0.25) is 21.8 Å². The number of piperidine rings is 1. The molecule has 3 aromatic rings. The van der Waals surface area contributed by atoms with Crippen molar-refractivity contribution in [3.05, 3.63) is 70.4 Å². The number of carbonyl (C=O) groups excluding carboxylic acids is 2. The number of likely N-dealkylation sites (tertiary alicyclic amines) is 2. The minimum atomic E-state index is -4.67. The molecule has 0 spiro atoms. The molecule has 3 aliphatic heterocycles. The van der Waals surface area contributed by atoms with Crippen LogP contribution in [0.25, 0.3) is 11.3 Å². The van der Waals surface area contributed by atoms with E-state index in [4.69, 9.17) is 5.10 Å². The molecule has 4 heterocycles. The molecule has 4 aliphatic rings. The Labute approximate surface area is 311 Å². The lowest BCUT2D eigenvalue weighted by atomic mass is 10.0. The monoisotopic (exact) mass is 774 g/mol. The predicted molar refractivity (Wildman–Crippen MR) is 195 cm³/mol. The van der Waals surface area contributed by atoms with Gasteiger partial charge in [-0.3, -0.25) is 14.3 Å². The maximum atomic E-state index is 14.2. The number of halogens is 3. The Balaban J connectivity index is 1.08. The fourth-order valence-corrected chi connectivity index (χ4v) is 9.96. The zero-order chi connectivity index (χ0) is 37.5. The topological polar surface area (TPSA) is 128 Å². The van der Waals surface area contributed by atoms with E-state index in [-0.39, 0.29) is 54.2 Å². The number of amides is 2. The van der Waals surface area contributed by atoms with Gasteiger partial charge in [-0.15, -0.1) is 11.8 Å². The summed E-state index contributed by atoms with van der Waals surface area (Å²) in [6.07, 6.45) is 0.491. The van der Waals surface area contributed by atoms with Gasteiger partial charge >= 0.3 is 6.18 Å². The predicted octanol–water partition coefficient (Wildman–Crippen LogP) is 3.71. The van der Waals surface area contributed by atoms with E-state index in [9.17, 15) is 36.3 Å². The summed E-state index contributed by atoms with van der Waals surface area (Å²) in [5.41, 5.74) is 3.46. The number of nitrogens with zero attached hydrogens (tertiary/aromatic N) is 5. The lowest BCUT2D eigenvalue weighted by molar-refractivity contribution is -0.139. The van der Waals surface area contributed by atoms with Gasteiger partial charge in [0.15, 0.2) is 0 Å². The molecule has 2 N–H and O–H groups in total. The molecule has 0 bridgehead atoms. The third-order valence-electron chi connectivity index (χ3n) is 10.9. The Morgan fingerprint density at radius 3 is 2.40 bits per heavy atom. The highest BCUT2D eigenvalue weighted by molar-refractivity contribution is 8.00. The highest BCUT2D eigenvalue weighted by Crippen LogP contribution is 2.40. The summed E-state index contributed by atoms with van der Waals surface area (Å²) in [7, 11) is -3.58. The van der Waals surface area contributed by atoms with Crippen molar-refractivity contribution < 1.29 is 36.3 Å². The number of aromatic nitrogens is 2. The second-order valence-electron chi connectivity index (χ2n) is 14.6. The third-order valence-corrected chi connectivity index (χ3v) is 13.2. The molecule has 16 heteroatoms. The molecule has 7 rings (SSSR count). The molecular weight excluding hydrogens is 730 g/mol. The first-order chi connectivity index (χ1) is 25.2. The van der Waals surface area contributed by atoms with Gasteiger partial charge in [0, 0.05) is 85.9 Å². The van der Waals surface area contributed by atoms with Crippen LogP contribution in [0, 0.1) is 0 Å². The van der Waals surface area contributed by atoms with E-state index in [1.54, 1.807) is 4.68 Å². The molecule has 0 radical (unpaired) electrons. The van der Waals surface area contributed by atoms with Gasteiger partial charge in [-0.25, -0.2) is 8.42 Å². The van der Waals surface area contributed by atoms with E-state index >= 15 is 0 Å². The van der Waals surface area contributed by atoms with Crippen molar-refractivity contribution in [1.29, 1.82) is 0 Å². The van der Waals surface area contributed by atoms with Crippen LogP contribution in [0.5, 0.6) is 0 Å². The maximum Gasteiger partial charge on any atom is 0.417 e. The minimum absolute atomic E-state index is 0.00197. The van der Waals surface area contributed by atoms with E-state index in [0.29, 0.717) is 49.0 Å². The highest BCUT2D eigenvalue weighted by atomic mass is 32.2. The first kappa shape index (κ1) is 37.9. The molecule has 0 saturated carbocycles. The van der Waals surface area contributed by atoms with Gasteiger partial charge in [0.1, 0.15) is 0 Å². The average Bonchev–Trinajstić information content (AvgIpc) is 3.83. The number of sulfonamides is 1. The SMILES string of the molecule is CS(=O)(=O)N1CCc2c(c(-c3ccc(C(F)(F)F)c(SCC(=O)NC4Cc5ccccc5C4)c3)nn2CC(O)CN2CCC(N3CCCC3=O)CC2)C1. The van der Waals surface area contributed by atoms with Gasteiger partial charge < -0.3 is 20.2 Å². The Morgan fingerprint density at radius 2 is 1.75 bits per heavy atom. The van der Waals surface area contributed by atoms with Crippen LogP contribution in [0.4, 0.5) is 13.2 Å². The van der Waals surface area contributed by atoms with Crippen molar-refractivity contribution in [3.8, 4) is 11.3 Å². The molecule has 2 fully saturated rings. The van der Waals surface area contributed by atoms with Crippen LogP contribution in [-0.2, 0) is 58.1 Å². The molecule has 1 unspecified atom stereocenters. The smallest absolute Gasteiger partial charge is 0.390 e.